The maximum Gasteiger partial charge on any atom is 0.325 e. The number of halogens is 1. The highest BCUT2D eigenvalue weighted by atomic mass is 35.5. The number of ether oxygens (including phenoxy) is 2. The highest BCUT2D eigenvalue weighted by molar-refractivity contribution is 6.34. The van der Waals surface area contributed by atoms with Crippen LogP contribution in [0.4, 0.5) is 5.69 Å². The van der Waals surface area contributed by atoms with E-state index in [-0.39, 0.29) is 6.54 Å². The van der Waals surface area contributed by atoms with Gasteiger partial charge < -0.3 is 20.1 Å². The Morgan fingerprint density at radius 2 is 1.82 bits per heavy atom. The molecular weight excluding hydrogens is 384 g/mol. The molecule has 0 saturated heterocycles. The van der Waals surface area contributed by atoms with Crippen molar-refractivity contribution < 1.29 is 23.9 Å². The minimum absolute atomic E-state index is 0.292. The largest absolute Gasteiger partial charge is 0.496 e. The van der Waals surface area contributed by atoms with Crippen LogP contribution in [0.15, 0.2) is 36.4 Å². The Hall–Kier alpha value is -3.06. The summed E-state index contributed by atoms with van der Waals surface area (Å²) >= 11 is 6.13. The van der Waals surface area contributed by atoms with Gasteiger partial charge in [0.2, 0.25) is 0 Å². The van der Waals surface area contributed by atoms with Crippen LogP contribution in [0, 0.1) is 13.8 Å². The van der Waals surface area contributed by atoms with E-state index in [2.05, 4.69) is 10.6 Å². The van der Waals surface area contributed by atoms with Gasteiger partial charge in [0.15, 0.2) is 6.61 Å². The molecule has 0 heterocycles. The van der Waals surface area contributed by atoms with Gasteiger partial charge in [0.1, 0.15) is 12.3 Å². The minimum atomic E-state index is -0.745. The van der Waals surface area contributed by atoms with Crippen molar-refractivity contribution in [2.45, 2.75) is 13.8 Å². The number of para-hydroxylation sites is 1. The van der Waals surface area contributed by atoms with E-state index < -0.39 is 24.4 Å². The summed E-state index contributed by atoms with van der Waals surface area (Å²) in [7, 11) is 1.45. The highest BCUT2D eigenvalue weighted by Crippen LogP contribution is 2.27. The quantitative estimate of drug-likeness (QED) is 0.692. The molecule has 2 N–H and O–H groups in total. The monoisotopic (exact) mass is 404 g/mol. The summed E-state index contributed by atoms with van der Waals surface area (Å²) < 4.78 is 9.98. The number of hydrogen-bond acceptors (Lipinski definition) is 5. The maximum atomic E-state index is 12.1. The second-order valence-electron chi connectivity index (χ2n) is 6.03. The van der Waals surface area contributed by atoms with Gasteiger partial charge in [-0.2, -0.15) is 0 Å². The van der Waals surface area contributed by atoms with Gasteiger partial charge >= 0.3 is 5.97 Å². The lowest BCUT2D eigenvalue weighted by molar-refractivity contribution is -0.146. The zero-order valence-electron chi connectivity index (χ0n) is 15.8. The first kappa shape index (κ1) is 21.2. The van der Waals surface area contributed by atoms with E-state index in [1.807, 2.05) is 19.9 Å². The van der Waals surface area contributed by atoms with Gasteiger partial charge in [-0.3, -0.25) is 14.4 Å². The topological polar surface area (TPSA) is 93.7 Å². The van der Waals surface area contributed by atoms with Crippen molar-refractivity contribution in [2.75, 3.05) is 25.6 Å². The second kappa shape index (κ2) is 9.75. The number of methoxy groups -OCH3 is 1. The molecule has 0 radical (unpaired) electrons. The summed E-state index contributed by atoms with van der Waals surface area (Å²) in [4.78, 5) is 35.9. The number of nitrogens with one attached hydrogen (secondary N) is 2. The number of hydrogen-bond donors (Lipinski definition) is 2. The lowest BCUT2D eigenvalue weighted by Crippen LogP contribution is -2.32. The number of carbonyl (C=O) groups excluding carboxylic acids is 3. The standard InChI is InChI=1S/C20H21ClN2O5/c1-12-8-13(2)19(15(21)9-12)23-17(24)11-28-18(25)10-22-20(26)14-6-4-5-7-16(14)27-3/h4-9H,10-11H2,1-3H3,(H,22,26)(H,23,24). The molecule has 148 valence electrons. The fourth-order valence-electron chi connectivity index (χ4n) is 2.53. The molecule has 2 aromatic rings. The van der Waals surface area contributed by atoms with Crippen molar-refractivity contribution in [2.24, 2.45) is 0 Å². The average Bonchev–Trinajstić information content (AvgIpc) is 2.67. The Labute approximate surface area is 168 Å². The summed E-state index contributed by atoms with van der Waals surface area (Å²) in [5, 5.41) is 5.44. The third kappa shape index (κ3) is 5.72. The summed E-state index contributed by atoms with van der Waals surface area (Å²) in [6.45, 7) is 2.83. The first-order chi connectivity index (χ1) is 13.3. The minimum Gasteiger partial charge on any atom is -0.496 e. The fourth-order valence-corrected chi connectivity index (χ4v) is 2.89. The molecular formula is C20H21ClN2O5. The third-order valence-corrected chi connectivity index (χ3v) is 4.10. The Bertz CT molecular complexity index is 875. The van der Waals surface area contributed by atoms with Crippen molar-refractivity contribution in [1.82, 2.24) is 5.32 Å². The van der Waals surface area contributed by atoms with Gasteiger partial charge in [-0.15, -0.1) is 0 Å². The molecule has 7 nitrogen and oxygen atoms in total. The number of carbonyl (C=O) groups is 3. The number of amides is 2. The van der Waals surface area contributed by atoms with Gasteiger partial charge in [0, 0.05) is 0 Å². The SMILES string of the molecule is COc1ccccc1C(=O)NCC(=O)OCC(=O)Nc1c(C)cc(C)cc1Cl. The Morgan fingerprint density at radius 3 is 2.50 bits per heavy atom. The summed E-state index contributed by atoms with van der Waals surface area (Å²) in [6.07, 6.45) is 0. The number of esters is 1. The number of aryl methyl sites for hydroxylation is 2. The van der Waals surface area contributed by atoms with Gasteiger partial charge in [0.25, 0.3) is 11.8 Å². The summed E-state index contributed by atoms with van der Waals surface area (Å²) in [6, 6.07) is 10.2. The van der Waals surface area contributed by atoms with E-state index in [1.165, 1.54) is 7.11 Å². The smallest absolute Gasteiger partial charge is 0.325 e. The number of rotatable bonds is 7. The van der Waals surface area contributed by atoms with Crippen LogP contribution < -0.4 is 15.4 Å². The van der Waals surface area contributed by atoms with Crippen LogP contribution in [0.3, 0.4) is 0 Å². The first-order valence-corrected chi connectivity index (χ1v) is 8.83. The van der Waals surface area contributed by atoms with E-state index >= 15 is 0 Å². The summed E-state index contributed by atoms with van der Waals surface area (Å²) in [5.41, 5.74) is 2.53. The predicted octanol–water partition coefficient (Wildman–Crippen LogP) is 2.88. The van der Waals surface area contributed by atoms with E-state index in [4.69, 9.17) is 21.1 Å². The molecule has 0 aliphatic carbocycles. The molecule has 0 unspecified atom stereocenters. The molecule has 0 saturated carbocycles. The van der Waals surface area contributed by atoms with Gasteiger partial charge in [-0.05, 0) is 43.2 Å². The molecule has 2 aromatic carbocycles. The zero-order valence-corrected chi connectivity index (χ0v) is 16.6. The summed E-state index contributed by atoms with van der Waals surface area (Å²) in [5.74, 6) is -1.37. The molecule has 28 heavy (non-hydrogen) atoms. The lowest BCUT2D eigenvalue weighted by atomic mass is 10.1. The molecule has 0 bridgehead atoms. The Kier molecular flexibility index (Phi) is 7.40. The van der Waals surface area contributed by atoms with Gasteiger partial charge in [-0.25, -0.2) is 0 Å². The lowest BCUT2D eigenvalue weighted by Gasteiger charge is -2.12. The van der Waals surface area contributed by atoms with Crippen molar-refractivity contribution in [3.05, 3.63) is 58.1 Å². The normalized spacial score (nSPS) is 10.1. The van der Waals surface area contributed by atoms with E-state index in [0.717, 1.165) is 11.1 Å². The highest BCUT2D eigenvalue weighted by Gasteiger charge is 2.15. The van der Waals surface area contributed by atoms with Crippen LogP contribution in [0.1, 0.15) is 21.5 Å². The van der Waals surface area contributed by atoms with Crippen LogP contribution in [-0.2, 0) is 14.3 Å². The second-order valence-corrected chi connectivity index (χ2v) is 6.44. The number of benzene rings is 2. The van der Waals surface area contributed by atoms with Gasteiger partial charge in [0.05, 0.1) is 23.4 Å². The maximum absolute atomic E-state index is 12.1. The predicted molar refractivity (Wildman–Crippen MR) is 106 cm³/mol. The van der Waals surface area contributed by atoms with Crippen molar-refractivity contribution in [1.29, 1.82) is 0 Å². The van der Waals surface area contributed by atoms with E-state index in [0.29, 0.717) is 22.0 Å². The van der Waals surface area contributed by atoms with Gasteiger partial charge in [-0.1, -0.05) is 29.8 Å². The molecule has 0 aromatic heterocycles. The van der Waals surface area contributed by atoms with E-state index in [9.17, 15) is 14.4 Å². The van der Waals surface area contributed by atoms with Crippen LogP contribution >= 0.6 is 11.6 Å². The van der Waals surface area contributed by atoms with Crippen molar-refractivity contribution in [3.8, 4) is 5.75 Å². The molecule has 0 aliphatic heterocycles. The fraction of sp³-hybridized carbons (Fsp3) is 0.250. The molecule has 2 amide bonds. The molecule has 8 heteroatoms. The first-order valence-electron chi connectivity index (χ1n) is 8.45. The van der Waals surface area contributed by atoms with Crippen LogP contribution in [0.25, 0.3) is 0 Å². The third-order valence-electron chi connectivity index (χ3n) is 3.81. The van der Waals surface area contributed by atoms with Crippen LogP contribution in [0.2, 0.25) is 5.02 Å². The molecule has 0 atom stereocenters. The molecule has 0 spiro atoms. The molecule has 0 fully saturated rings. The molecule has 0 aliphatic rings. The van der Waals surface area contributed by atoms with Crippen LogP contribution in [0.5, 0.6) is 5.75 Å². The molecule has 2 rings (SSSR count). The zero-order chi connectivity index (χ0) is 20.7. The van der Waals surface area contributed by atoms with Crippen molar-refractivity contribution >= 4 is 35.1 Å². The van der Waals surface area contributed by atoms with Crippen molar-refractivity contribution in [3.63, 3.8) is 0 Å². The number of anilines is 1. The Balaban J connectivity index is 1.82. The average molecular weight is 405 g/mol. The Morgan fingerprint density at radius 1 is 1.11 bits per heavy atom. The van der Waals surface area contributed by atoms with E-state index in [1.54, 1.807) is 30.3 Å². The van der Waals surface area contributed by atoms with Crippen LogP contribution in [-0.4, -0.2) is 38.0 Å².